The minimum atomic E-state index is -0.0546. The monoisotopic (exact) mass is 638 g/mol. The molecule has 0 atom stereocenters. The Kier molecular flexibility index (Phi) is 6.07. The van der Waals surface area contributed by atoms with E-state index in [4.69, 9.17) is 0 Å². The lowest BCUT2D eigenvalue weighted by atomic mass is 9.77. The van der Waals surface area contributed by atoms with Crippen LogP contribution in [0.3, 0.4) is 0 Å². The summed E-state index contributed by atoms with van der Waals surface area (Å²) < 4.78 is 0. The van der Waals surface area contributed by atoms with Crippen LogP contribution in [-0.2, 0) is 10.8 Å². The summed E-state index contributed by atoms with van der Waals surface area (Å²) in [5.41, 5.74) is 18.8. The highest BCUT2D eigenvalue weighted by Gasteiger charge is 2.41. The molecule has 0 heteroatoms. The molecule has 0 spiro atoms. The van der Waals surface area contributed by atoms with Crippen LogP contribution in [0.2, 0.25) is 0 Å². The smallest absolute Gasteiger partial charge is 0.0158 e. The van der Waals surface area contributed by atoms with Gasteiger partial charge in [0.2, 0.25) is 0 Å². The van der Waals surface area contributed by atoms with E-state index in [0.717, 1.165) is 0 Å². The Labute approximate surface area is 294 Å². The van der Waals surface area contributed by atoms with Gasteiger partial charge in [-0.1, -0.05) is 173 Å². The second-order valence-corrected chi connectivity index (χ2v) is 15.3. The van der Waals surface area contributed by atoms with Crippen LogP contribution in [-0.4, -0.2) is 0 Å². The van der Waals surface area contributed by atoms with Gasteiger partial charge in [0.25, 0.3) is 0 Å². The summed E-state index contributed by atoms with van der Waals surface area (Å²) in [7, 11) is 0. The molecule has 0 saturated carbocycles. The maximum Gasteiger partial charge on any atom is 0.0158 e. The van der Waals surface area contributed by atoms with Crippen molar-refractivity contribution < 1.29 is 0 Å². The summed E-state index contributed by atoms with van der Waals surface area (Å²) in [6.07, 6.45) is 0. The van der Waals surface area contributed by atoms with Crippen molar-refractivity contribution >= 4 is 21.5 Å². The Morgan fingerprint density at radius 3 is 1.30 bits per heavy atom. The van der Waals surface area contributed by atoms with Crippen LogP contribution in [0, 0.1) is 0 Å². The largest absolute Gasteiger partial charge is 0.0622 e. The van der Waals surface area contributed by atoms with Crippen molar-refractivity contribution in [3.05, 3.63) is 180 Å². The standard InChI is InChI=1S/C50H38/c1-49(2)43-21-13-12-16-35(43)41-29-42-40-28-34(26-27-44(40)50(3,4)46(42)30-45(41)49)31-22-24-33(25-23-31)48-38-19-10-8-17-36(38)47(32-14-6-5-7-15-32)37-18-9-11-20-39(37)48/h5-30H,1-4H3. The van der Waals surface area contributed by atoms with Crippen LogP contribution in [0.4, 0.5) is 0 Å². The Morgan fingerprint density at radius 2 is 0.700 bits per heavy atom. The molecule has 50 heavy (non-hydrogen) atoms. The highest BCUT2D eigenvalue weighted by molar-refractivity contribution is 6.21. The Morgan fingerprint density at radius 1 is 0.280 bits per heavy atom. The molecule has 2 aliphatic carbocycles. The molecule has 8 aromatic rings. The normalized spacial score (nSPS) is 14.7. The molecule has 0 radical (unpaired) electrons. The summed E-state index contributed by atoms with van der Waals surface area (Å²) in [5.74, 6) is 0. The van der Waals surface area contributed by atoms with Crippen molar-refractivity contribution in [2.24, 2.45) is 0 Å². The summed E-state index contributed by atoms with van der Waals surface area (Å²) in [6.45, 7) is 9.55. The molecule has 0 N–H and O–H groups in total. The second kappa shape index (κ2) is 10.4. The van der Waals surface area contributed by atoms with Gasteiger partial charge >= 0.3 is 0 Å². The molecule has 10 rings (SSSR count). The van der Waals surface area contributed by atoms with Crippen molar-refractivity contribution in [1.29, 1.82) is 0 Å². The first kappa shape index (κ1) is 29.2. The maximum absolute atomic E-state index is 2.52. The highest BCUT2D eigenvalue weighted by atomic mass is 14.4. The maximum atomic E-state index is 2.52. The number of rotatable bonds is 3. The van der Waals surface area contributed by atoms with E-state index in [9.17, 15) is 0 Å². The van der Waals surface area contributed by atoms with Gasteiger partial charge in [0.1, 0.15) is 0 Å². The highest BCUT2D eigenvalue weighted by Crippen LogP contribution is 2.56. The predicted molar refractivity (Wildman–Crippen MR) is 213 cm³/mol. The van der Waals surface area contributed by atoms with Crippen LogP contribution in [0.25, 0.3) is 77.2 Å². The van der Waals surface area contributed by atoms with Gasteiger partial charge in [-0.2, -0.15) is 0 Å². The fraction of sp³-hybridized carbons (Fsp3) is 0.120. The van der Waals surface area contributed by atoms with Crippen LogP contribution in [0.1, 0.15) is 49.9 Å². The fourth-order valence-corrected chi connectivity index (χ4v) is 9.31. The van der Waals surface area contributed by atoms with Gasteiger partial charge in [0, 0.05) is 10.8 Å². The van der Waals surface area contributed by atoms with Gasteiger partial charge in [0.15, 0.2) is 0 Å². The molecule has 0 amide bonds. The molecule has 0 aliphatic heterocycles. The molecule has 238 valence electrons. The molecule has 0 saturated heterocycles. The van der Waals surface area contributed by atoms with Crippen LogP contribution in [0.15, 0.2) is 158 Å². The molecular weight excluding hydrogens is 601 g/mol. The van der Waals surface area contributed by atoms with E-state index in [1.165, 1.54) is 99.4 Å². The van der Waals surface area contributed by atoms with Crippen molar-refractivity contribution in [2.75, 3.05) is 0 Å². The first-order chi connectivity index (χ1) is 24.3. The Hall–Kier alpha value is -5.72. The molecule has 0 aromatic heterocycles. The van der Waals surface area contributed by atoms with Crippen molar-refractivity contribution in [1.82, 2.24) is 0 Å². The molecule has 0 fully saturated rings. The van der Waals surface area contributed by atoms with Crippen molar-refractivity contribution in [2.45, 2.75) is 38.5 Å². The fourth-order valence-electron chi connectivity index (χ4n) is 9.31. The zero-order valence-electron chi connectivity index (χ0n) is 29.0. The van der Waals surface area contributed by atoms with Gasteiger partial charge < -0.3 is 0 Å². The quantitative estimate of drug-likeness (QED) is 0.169. The molecule has 8 aromatic carbocycles. The van der Waals surface area contributed by atoms with Crippen LogP contribution >= 0.6 is 0 Å². The zero-order valence-corrected chi connectivity index (χ0v) is 29.0. The third-order valence-corrected chi connectivity index (χ3v) is 11.9. The first-order valence-corrected chi connectivity index (χ1v) is 17.9. The number of benzene rings is 8. The van der Waals surface area contributed by atoms with Gasteiger partial charge in [-0.3, -0.25) is 0 Å². The van der Waals surface area contributed by atoms with E-state index in [2.05, 4.69) is 185 Å². The predicted octanol–water partition coefficient (Wildman–Crippen LogP) is 13.6. The minimum absolute atomic E-state index is 0.00274. The molecule has 0 bridgehead atoms. The zero-order chi connectivity index (χ0) is 33.8. The molecule has 2 aliphatic rings. The third-order valence-electron chi connectivity index (χ3n) is 11.9. The summed E-state index contributed by atoms with van der Waals surface area (Å²) in [5, 5.41) is 5.14. The minimum Gasteiger partial charge on any atom is -0.0622 e. The van der Waals surface area contributed by atoms with Gasteiger partial charge in [-0.05, 0) is 112 Å². The van der Waals surface area contributed by atoms with E-state index >= 15 is 0 Å². The Bertz CT molecular complexity index is 2610. The van der Waals surface area contributed by atoms with Crippen LogP contribution in [0.5, 0.6) is 0 Å². The number of hydrogen-bond donors (Lipinski definition) is 0. The average Bonchev–Trinajstić information content (AvgIpc) is 3.52. The second-order valence-electron chi connectivity index (χ2n) is 15.3. The Balaban J connectivity index is 1.10. The summed E-state index contributed by atoms with van der Waals surface area (Å²) in [6, 6.07) is 59.0. The number of fused-ring (bicyclic) bond motifs is 8. The first-order valence-electron chi connectivity index (χ1n) is 17.9. The van der Waals surface area contributed by atoms with E-state index in [0.29, 0.717) is 0 Å². The molecular formula is C50H38. The summed E-state index contributed by atoms with van der Waals surface area (Å²) >= 11 is 0. The van der Waals surface area contributed by atoms with Crippen LogP contribution < -0.4 is 0 Å². The van der Waals surface area contributed by atoms with Gasteiger partial charge in [-0.25, -0.2) is 0 Å². The van der Waals surface area contributed by atoms with Crippen molar-refractivity contribution in [3.8, 4) is 55.6 Å². The van der Waals surface area contributed by atoms with E-state index in [1.54, 1.807) is 0 Å². The lowest BCUT2D eigenvalue weighted by Gasteiger charge is -2.25. The molecule has 0 heterocycles. The van der Waals surface area contributed by atoms with Gasteiger partial charge in [-0.15, -0.1) is 0 Å². The molecule has 0 nitrogen and oxygen atoms in total. The van der Waals surface area contributed by atoms with E-state index in [-0.39, 0.29) is 10.8 Å². The lowest BCUT2D eigenvalue weighted by molar-refractivity contribution is 0.639. The topological polar surface area (TPSA) is 0 Å². The lowest BCUT2D eigenvalue weighted by Crippen LogP contribution is -2.18. The van der Waals surface area contributed by atoms with Crippen molar-refractivity contribution in [3.63, 3.8) is 0 Å². The van der Waals surface area contributed by atoms with Gasteiger partial charge in [0.05, 0.1) is 0 Å². The van der Waals surface area contributed by atoms with E-state index in [1.807, 2.05) is 0 Å². The van der Waals surface area contributed by atoms with E-state index < -0.39 is 0 Å². The average molecular weight is 639 g/mol. The summed E-state index contributed by atoms with van der Waals surface area (Å²) in [4.78, 5) is 0. The molecule has 0 unspecified atom stereocenters. The number of hydrogen-bond acceptors (Lipinski definition) is 0. The SMILES string of the molecule is CC1(C)c2ccccc2-c2cc3c(cc21)C(C)(C)c1ccc(-c2ccc(-c4c5ccccc5c(-c5ccccc5)c5ccccc45)cc2)cc1-3. The third kappa shape index (κ3) is 4.00.